The Labute approximate surface area is 108 Å². The van der Waals surface area contributed by atoms with Crippen LogP contribution in [0.2, 0.25) is 0 Å². The molecular weight excluding hydrogens is 232 g/mol. The zero-order valence-electron chi connectivity index (χ0n) is 11.1. The molecule has 1 aromatic heterocycles. The van der Waals surface area contributed by atoms with Crippen LogP contribution < -0.4 is 10.1 Å². The Hall–Kier alpha value is -1.78. The number of hydrogen-bond donors (Lipinski definition) is 1. The van der Waals surface area contributed by atoms with Crippen molar-refractivity contribution < 1.29 is 14.3 Å². The molecule has 0 saturated heterocycles. The number of ether oxygens (including phenoxy) is 2. The lowest BCUT2D eigenvalue weighted by Crippen LogP contribution is -2.14. The molecule has 0 fully saturated rings. The van der Waals surface area contributed by atoms with Gasteiger partial charge in [-0.15, -0.1) is 0 Å². The molecule has 0 saturated carbocycles. The molecule has 1 aromatic rings. The van der Waals surface area contributed by atoms with Crippen molar-refractivity contribution in [2.75, 3.05) is 11.9 Å². The molecule has 0 unspecified atom stereocenters. The predicted octanol–water partition coefficient (Wildman–Crippen LogP) is 3.22. The minimum atomic E-state index is -0.466. The molecule has 0 spiro atoms. The van der Waals surface area contributed by atoms with Crippen molar-refractivity contribution >= 4 is 11.8 Å². The first-order valence-electron chi connectivity index (χ1n) is 6.17. The second kappa shape index (κ2) is 7.53. The number of carbonyl (C=O) groups is 1. The first-order valence-corrected chi connectivity index (χ1v) is 6.17. The summed E-state index contributed by atoms with van der Waals surface area (Å²) in [6.07, 6.45) is 4.61. The van der Waals surface area contributed by atoms with Crippen molar-refractivity contribution in [3.05, 3.63) is 18.5 Å². The Bertz CT molecular complexity index is 380. The van der Waals surface area contributed by atoms with E-state index in [1.54, 1.807) is 18.5 Å². The Morgan fingerprint density at radius 1 is 1.44 bits per heavy atom. The van der Waals surface area contributed by atoms with Gasteiger partial charge in [-0.1, -0.05) is 13.3 Å². The van der Waals surface area contributed by atoms with E-state index in [9.17, 15) is 4.79 Å². The van der Waals surface area contributed by atoms with Crippen molar-refractivity contribution in [2.45, 2.75) is 39.7 Å². The highest BCUT2D eigenvalue weighted by atomic mass is 16.5. The number of rotatable bonds is 6. The van der Waals surface area contributed by atoms with Gasteiger partial charge in [-0.3, -0.25) is 10.3 Å². The number of aromatic nitrogens is 1. The van der Waals surface area contributed by atoms with Crippen LogP contribution in [0.25, 0.3) is 0 Å². The number of unbranched alkanes of at least 4 members (excludes halogenated alkanes) is 1. The molecule has 100 valence electrons. The molecular formula is C13H20N2O3. The van der Waals surface area contributed by atoms with Crippen LogP contribution in [0, 0.1) is 0 Å². The van der Waals surface area contributed by atoms with Crippen molar-refractivity contribution in [3.8, 4) is 5.75 Å². The quantitative estimate of drug-likeness (QED) is 0.790. The highest BCUT2D eigenvalue weighted by Crippen LogP contribution is 2.16. The molecule has 1 rings (SSSR count). The fourth-order valence-corrected chi connectivity index (χ4v) is 1.29. The monoisotopic (exact) mass is 252 g/mol. The first kappa shape index (κ1) is 14.3. The van der Waals surface area contributed by atoms with Gasteiger partial charge in [-0.2, -0.15) is 0 Å². The SMILES string of the molecule is CCCCOC(=O)Nc1cncc(OC(C)C)c1. The van der Waals surface area contributed by atoms with E-state index in [4.69, 9.17) is 9.47 Å². The number of pyridine rings is 1. The number of hydrogen-bond acceptors (Lipinski definition) is 4. The van der Waals surface area contributed by atoms with Gasteiger partial charge in [-0.05, 0) is 20.3 Å². The third kappa shape index (κ3) is 5.52. The van der Waals surface area contributed by atoms with Crippen LogP contribution in [0.1, 0.15) is 33.6 Å². The lowest BCUT2D eigenvalue weighted by molar-refractivity contribution is 0.160. The van der Waals surface area contributed by atoms with Gasteiger partial charge in [0.1, 0.15) is 5.75 Å². The maximum absolute atomic E-state index is 11.4. The lowest BCUT2D eigenvalue weighted by Gasteiger charge is -2.11. The fraction of sp³-hybridized carbons (Fsp3) is 0.538. The van der Waals surface area contributed by atoms with Gasteiger partial charge in [0.05, 0.1) is 30.8 Å². The number of nitrogens with zero attached hydrogens (tertiary/aromatic N) is 1. The summed E-state index contributed by atoms with van der Waals surface area (Å²) < 4.78 is 10.5. The van der Waals surface area contributed by atoms with E-state index in [1.807, 2.05) is 20.8 Å². The molecule has 1 amide bonds. The van der Waals surface area contributed by atoms with Gasteiger partial charge >= 0.3 is 6.09 Å². The molecule has 5 heteroatoms. The molecule has 18 heavy (non-hydrogen) atoms. The van der Waals surface area contributed by atoms with E-state index in [0.717, 1.165) is 12.8 Å². The fourth-order valence-electron chi connectivity index (χ4n) is 1.29. The number of carbonyl (C=O) groups excluding carboxylic acids is 1. The average Bonchev–Trinajstić information content (AvgIpc) is 2.28. The molecule has 1 N–H and O–H groups in total. The summed E-state index contributed by atoms with van der Waals surface area (Å²) in [6.45, 7) is 6.33. The largest absolute Gasteiger partial charge is 0.489 e. The third-order valence-corrected chi connectivity index (χ3v) is 2.06. The van der Waals surface area contributed by atoms with E-state index in [1.165, 1.54) is 0 Å². The minimum Gasteiger partial charge on any atom is -0.489 e. The van der Waals surface area contributed by atoms with Crippen LogP contribution >= 0.6 is 0 Å². The Morgan fingerprint density at radius 3 is 2.89 bits per heavy atom. The lowest BCUT2D eigenvalue weighted by atomic mass is 10.4. The summed E-state index contributed by atoms with van der Waals surface area (Å²) >= 11 is 0. The molecule has 1 heterocycles. The first-order chi connectivity index (χ1) is 8.61. The maximum Gasteiger partial charge on any atom is 0.411 e. The van der Waals surface area contributed by atoms with Crippen molar-refractivity contribution in [1.82, 2.24) is 4.98 Å². The Kier molecular flexibility index (Phi) is 5.97. The zero-order valence-corrected chi connectivity index (χ0v) is 11.1. The Morgan fingerprint density at radius 2 is 2.22 bits per heavy atom. The van der Waals surface area contributed by atoms with Gasteiger partial charge in [0.15, 0.2) is 0 Å². The van der Waals surface area contributed by atoms with Crippen LogP contribution in [-0.4, -0.2) is 23.8 Å². The molecule has 5 nitrogen and oxygen atoms in total. The number of anilines is 1. The summed E-state index contributed by atoms with van der Waals surface area (Å²) in [6, 6.07) is 1.72. The van der Waals surface area contributed by atoms with Gasteiger partial charge in [-0.25, -0.2) is 4.79 Å². The molecule has 0 atom stereocenters. The maximum atomic E-state index is 11.4. The van der Waals surface area contributed by atoms with E-state index in [2.05, 4.69) is 10.3 Å². The standard InChI is InChI=1S/C13H20N2O3/c1-4-5-6-17-13(16)15-11-7-12(9-14-8-11)18-10(2)3/h7-10H,4-6H2,1-3H3,(H,15,16). The normalized spacial score (nSPS) is 10.2. The van der Waals surface area contributed by atoms with Crippen LogP contribution in [0.3, 0.4) is 0 Å². The minimum absolute atomic E-state index is 0.0681. The van der Waals surface area contributed by atoms with E-state index in [0.29, 0.717) is 18.0 Å². The topological polar surface area (TPSA) is 60.5 Å². The smallest absolute Gasteiger partial charge is 0.411 e. The van der Waals surface area contributed by atoms with Crippen LogP contribution in [0.15, 0.2) is 18.5 Å². The Balaban J connectivity index is 2.48. The van der Waals surface area contributed by atoms with Gasteiger partial charge in [0.2, 0.25) is 0 Å². The van der Waals surface area contributed by atoms with Gasteiger partial charge < -0.3 is 9.47 Å². The summed E-state index contributed by atoms with van der Waals surface area (Å²) in [5, 5.41) is 2.61. The third-order valence-electron chi connectivity index (χ3n) is 2.06. The molecule has 0 radical (unpaired) electrons. The van der Waals surface area contributed by atoms with Crippen molar-refractivity contribution in [3.63, 3.8) is 0 Å². The van der Waals surface area contributed by atoms with E-state index < -0.39 is 6.09 Å². The highest BCUT2D eigenvalue weighted by molar-refractivity contribution is 5.84. The molecule has 0 aliphatic carbocycles. The summed E-state index contributed by atoms with van der Waals surface area (Å²) in [4.78, 5) is 15.4. The van der Waals surface area contributed by atoms with Gasteiger partial charge in [0.25, 0.3) is 0 Å². The van der Waals surface area contributed by atoms with E-state index in [-0.39, 0.29) is 6.10 Å². The molecule has 0 aliphatic rings. The second-order valence-corrected chi connectivity index (χ2v) is 4.19. The molecule has 0 aliphatic heterocycles. The van der Waals surface area contributed by atoms with Crippen molar-refractivity contribution in [1.29, 1.82) is 0 Å². The molecule has 0 bridgehead atoms. The van der Waals surface area contributed by atoms with Crippen LogP contribution in [0.4, 0.5) is 10.5 Å². The summed E-state index contributed by atoms with van der Waals surface area (Å²) in [5.41, 5.74) is 0.564. The highest BCUT2D eigenvalue weighted by Gasteiger charge is 2.05. The van der Waals surface area contributed by atoms with E-state index >= 15 is 0 Å². The average molecular weight is 252 g/mol. The van der Waals surface area contributed by atoms with Crippen molar-refractivity contribution in [2.24, 2.45) is 0 Å². The van der Waals surface area contributed by atoms with Gasteiger partial charge in [0, 0.05) is 6.07 Å². The summed E-state index contributed by atoms with van der Waals surface area (Å²) in [5.74, 6) is 0.622. The second-order valence-electron chi connectivity index (χ2n) is 4.19. The van der Waals surface area contributed by atoms with Crippen LogP contribution in [-0.2, 0) is 4.74 Å². The summed E-state index contributed by atoms with van der Waals surface area (Å²) in [7, 11) is 0. The van der Waals surface area contributed by atoms with Crippen LogP contribution in [0.5, 0.6) is 5.75 Å². The zero-order chi connectivity index (χ0) is 13.4. The molecule has 0 aromatic carbocycles. The number of amides is 1. The number of nitrogens with one attached hydrogen (secondary N) is 1. The predicted molar refractivity (Wildman–Crippen MR) is 69.9 cm³/mol.